The number of hydrogen-bond donors (Lipinski definition) is 1. The van der Waals surface area contributed by atoms with Crippen LogP contribution < -0.4 is 5.32 Å². The topological polar surface area (TPSA) is 46.9 Å². The van der Waals surface area contributed by atoms with Crippen LogP contribution in [0.2, 0.25) is 0 Å². The van der Waals surface area contributed by atoms with Crippen molar-refractivity contribution < 1.29 is 4.79 Å². The molecule has 0 saturated heterocycles. The minimum Gasteiger partial charge on any atom is -0.352 e. The first-order valence-corrected chi connectivity index (χ1v) is 7.16. The smallest absolute Gasteiger partial charge is 0.217 e. The van der Waals surface area contributed by atoms with E-state index in [9.17, 15) is 4.79 Å². The summed E-state index contributed by atoms with van der Waals surface area (Å²) in [4.78, 5) is 11.0. The Kier molecular flexibility index (Phi) is 4.01. The summed E-state index contributed by atoms with van der Waals surface area (Å²) in [7, 11) is 0. The van der Waals surface area contributed by atoms with Gasteiger partial charge in [-0.05, 0) is 41.0 Å². The Morgan fingerprint density at radius 2 is 1.91 bits per heavy atom. The summed E-state index contributed by atoms with van der Waals surface area (Å²) in [6, 6.07) is 18.3. The summed E-state index contributed by atoms with van der Waals surface area (Å²) in [5.74, 6) is -0.0195. The van der Waals surface area contributed by atoms with E-state index in [1.165, 1.54) is 6.92 Å². The number of carbonyl (C=O) groups excluding carboxylic acids is 1. The van der Waals surface area contributed by atoms with E-state index in [2.05, 4.69) is 34.7 Å². The fraction of sp³-hybridized carbons (Fsp3) is 0.111. The highest BCUT2D eigenvalue weighted by Crippen LogP contribution is 2.22. The highest BCUT2D eigenvalue weighted by Gasteiger charge is 2.02. The molecule has 1 heterocycles. The Balaban J connectivity index is 1.82. The maximum absolute atomic E-state index is 11.0. The second kappa shape index (κ2) is 6.26. The number of amides is 1. The number of nitrogens with one attached hydrogen (secondary N) is 1. The SMILES string of the molecule is CC(=O)NCc1cccc(-c2ccc(-n3cccn3)cc2)c1. The van der Waals surface area contributed by atoms with Crippen LogP contribution in [0.5, 0.6) is 0 Å². The Bertz CT molecular complexity index is 761. The van der Waals surface area contributed by atoms with E-state index in [0.29, 0.717) is 6.54 Å². The lowest BCUT2D eigenvalue weighted by atomic mass is 10.0. The number of rotatable bonds is 4. The molecule has 0 spiro atoms. The Morgan fingerprint density at radius 3 is 2.59 bits per heavy atom. The molecular weight excluding hydrogens is 274 g/mol. The molecule has 1 amide bonds. The van der Waals surface area contributed by atoms with Crippen molar-refractivity contribution >= 4 is 5.91 Å². The van der Waals surface area contributed by atoms with E-state index in [4.69, 9.17) is 0 Å². The average Bonchev–Trinajstić information content (AvgIpc) is 3.08. The standard InChI is InChI=1S/C18H17N3O/c1-14(22)19-13-15-4-2-5-17(12-15)16-6-8-18(9-7-16)21-11-3-10-20-21/h2-12H,13H2,1H3,(H,19,22). The summed E-state index contributed by atoms with van der Waals surface area (Å²) in [6.07, 6.45) is 3.68. The summed E-state index contributed by atoms with van der Waals surface area (Å²) in [5, 5.41) is 7.04. The van der Waals surface area contributed by atoms with Crippen LogP contribution in [-0.4, -0.2) is 15.7 Å². The van der Waals surface area contributed by atoms with Gasteiger partial charge in [0.2, 0.25) is 5.91 Å². The zero-order chi connectivity index (χ0) is 15.4. The molecule has 0 fully saturated rings. The number of hydrogen-bond acceptors (Lipinski definition) is 2. The van der Waals surface area contributed by atoms with E-state index in [1.807, 2.05) is 41.2 Å². The molecule has 2 aromatic carbocycles. The fourth-order valence-electron chi connectivity index (χ4n) is 2.32. The summed E-state index contributed by atoms with van der Waals surface area (Å²) in [6.45, 7) is 2.08. The molecule has 0 aliphatic carbocycles. The lowest BCUT2D eigenvalue weighted by Crippen LogP contribution is -2.18. The molecule has 0 unspecified atom stereocenters. The van der Waals surface area contributed by atoms with Crippen molar-refractivity contribution in [3.05, 3.63) is 72.6 Å². The molecule has 4 nitrogen and oxygen atoms in total. The minimum absolute atomic E-state index is 0.0195. The monoisotopic (exact) mass is 291 g/mol. The zero-order valence-electron chi connectivity index (χ0n) is 12.4. The summed E-state index contributed by atoms with van der Waals surface area (Å²) < 4.78 is 1.83. The highest BCUT2D eigenvalue weighted by atomic mass is 16.1. The van der Waals surface area contributed by atoms with Gasteiger partial charge in [-0.1, -0.05) is 30.3 Å². The molecule has 4 heteroatoms. The van der Waals surface area contributed by atoms with Gasteiger partial charge in [0, 0.05) is 25.9 Å². The van der Waals surface area contributed by atoms with Gasteiger partial charge in [-0.2, -0.15) is 5.10 Å². The third kappa shape index (κ3) is 3.23. The molecular formula is C18H17N3O. The van der Waals surface area contributed by atoms with Crippen molar-refractivity contribution in [2.75, 3.05) is 0 Å². The van der Waals surface area contributed by atoms with Crippen LogP contribution in [0.1, 0.15) is 12.5 Å². The normalized spacial score (nSPS) is 10.4. The lowest BCUT2D eigenvalue weighted by molar-refractivity contribution is -0.119. The van der Waals surface area contributed by atoms with E-state index >= 15 is 0 Å². The van der Waals surface area contributed by atoms with Crippen LogP contribution in [0.15, 0.2) is 67.0 Å². The molecule has 1 N–H and O–H groups in total. The molecule has 0 aliphatic rings. The lowest BCUT2D eigenvalue weighted by Gasteiger charge is -2.07. The second-order valence-electron chi connectivity index (χ2n) is 5.11. The molecule has 110 valence electrons. The Labute approximate surface area is 129 Å². The largest absolute Gasteiger partial charge is 0.352 e. The first-order chi connectivity index (χ1) is 10.7. The van der Waals surface area contributed by atoms with Crippen molar-refractivity contribution in [1.29, 1.82) is 0 Å². The van der Waals surface area contributed by atoms with Crippen molar-refractivity contribution in [3.63, 3.8) is 0 Å². The van der Waals surface area contributed by atoms with Crippen LogP contribution in [0, 0.1) is 0 Å². The minimum atomic E-state index is -0.0195. The Morgan fingerprint density at radius 1 is 1.09 bits per heavy atom. The van der Waals surface area contributed by atoms with Crippen LogP contribution in [0.25, 0.3) is 16.8 Å². The quantitative estimate of drug-likeness (QED) is 0.802. The third-order valence-electron chi connectivity index (χ3n) is 3.44. The number of carbonyl (C=O) groups is 1. The van der Waals surface area contributed by atoms with E-state index < -0.39 is 0 Å². The zero-order valence-corrected chi connectivity index (χ0v) is 12.4. The maximum Gasteiger partial charge on any atom is 0.217 e. The van der Waals surface area contributed by atoms with E-state index in [0.717, 1.165) is 22.4 Å². The van der Waals surface area contributed by atoms with Gasteiger partial charge in [0.05, 0.1) is 5.69 Å². The van der Waals surface area contributed by atoms with Gasteiger partial charge in [0.25, 0.3) is 0 Å². The van der Waals surface area contributed by atoms with Crippen molar-refractivity contribution in [1.82, 2.24) is 15.1 Å². The first kappa shape index (κ1) is 14.1. The number of aromatic nitrogens is 2. The van der Waals surface area contributed by atoms with Gasteiger partial charge < -0.3 is 5.32 Å². The predicted molar refractivity (Wildman–Crippen MR) is 86.5 cm³/mol. The molecule has 0 aliphatic heterocycles. The van der Waals surface area contributed by atoms with Crippen LogP contribution in [0.4, 0.5) is 0 Å². The predicted octanol–water partition coefficient (Wildman–Crippen LogP) is 3.18. The van der Waals surface area contributed by atoms with Crippen LogP contribution >= 0.6 is 0 Å². The number of benzene rings is 2. The van der Waals surface area contributed by atoms with Gasteiger partial charge in [0.15, 0.2) is 0 Å². The molecule has 3 aromatic rings. The van der Waals surface area contributed by atoms with Gasteiger partial charge >= 0.3 is 0 Å². The molecule has 3 rings (SSSR count). The van der Waals surface area contributed by atoms with E-state index in [-0.39, 0.29) is 5.91 Å². The Hall–Kier alpha value is -2.88. The number of nitrogens with zero attached hydrogens (tertiary/aromatic N) is 2. The van der Waals surface area contributed by atoms with Gasteiger partial charge in [-0.15, -0.1) is 0 Å². The van der Waals surface area contributed by atoms with Crippen molar-refractivity contribution in [3.8, 4) is 16.8 Å². The summed E-state index contributed by atoms with van der Waals surface area (Å²) in [5.41, 5.74) is 4.39. The van der Waals surface area contributed by atoms with Crippen molar-refractivity contribution in [2.45, 2.75) is 13.5 Å². The second-order valence-corrected chi connectivity index (χ2v) is 5.11. The first-order valence-electron chi connectivity index (χ1n) is 7.16. The molecule has 22 heavy (non-hydrogen) atoms. The molecule has 0 radical (unpaired) electrons. The molecule has 0 bridgehead atoms. The highest BCUT2D eigenvalue weighted by molar-refractivity contribution is 5.73. The van der Waals surface area contributed by atoms with Crippen LogP contribution in [0.3, 0.4) is 0 Å². The third-order valence-corrected chi connectivity index (χ3v) is 3.44. The summed E-state index contributed by atoms with van der Waals surface area (Å²) >= 11 is 0. The molecule has 0 saturated carbocycles. The maximum atomic E-state index is 11.0. The fourth-order valence-corrected chi connectivity index (χ4v) is 2.32. The van der Waals surface area contributed by atoms with Crippen LogP contribution in [-0.2, 0) is 11.3 Å². The molecule has 1 aromatic heterocycles. The van der Waals surface area contributed by atoms with E-state index in [1.54, 1.807) is 6.20 Å². The molecule has 0 atom stereocenters. The van der Waals surface area contributed by atoms with Gasteiger partial charge in [-0.3, -0.25) is 4.79 Å². The van der Waals surface area contributed by atoms with Crippen molar-refractivity contribution in [2.24, 2.45) is 0 Å². The van der Waals surface area contributed by atoms with Gasteiger partial charge in [0.1, 0.15) is 0 Å². The average molecular weight is 291 g/mol. The van der Waals surface area contributed by atoms with Gasteiger partial charge in [-0.25, -0.2) is 4.68 Å².